The van der Waals surface area contributed by atoms with Crippen molar-refractivity contribution < 1.29 is 42.9 Å². The number of rotatable bonds is 9. The molecule has 0 amide bonds. The Labute approximate surface area is 210 Å². The van der Waals surface area contributed by atoms with Gasteiger partial charge in [-0.2, -0.15) is 15.1 Å². The number of nitrogens with zero attached hydrogens (tertiary/aromatic N) is 4. The number of hydrogen-bond acceptors (Lipinski definition) is 11. The van der Waals surface area contributed by atoms with Crippen LogP contribution >= 0.6 is 19.2 Å². The normalized spacial score (nSPS) is 24.8. The fourth-order valence-corrected chi connectivity index (χ4v) is 4.91. The molecule has 2 fully saturated rings. The maximum Gasteiger partial charge on any atom is 0.351 e. The van der Waals surface area contributed by atoms with Crippen LogP contribution < -0.4 is 5.32 Å². The summed E-state index contributed by atoms with van der Waals surface area (Å²) in [6.07, 6.45) is 0.0779. The molecule has 0 radical (unpaired) electrons. The van der Waals surface area contributed by atoms with Gasteiger partial charge in [-0.05, 0) is 24.4 Å². The molecule has 3 N–H and O–H groups in total. The van der Waals surface area contributed by atoms with Gasteiger partial charge in [0.15, 0.2) is 30.5 Å². The summed E-state index contributed by atoms with van der Waals surface area (Å²) in [5.74, 6) is -0.856. The smallest absolute Gasteiger partial charge is 0.351 e. The molecule has 36 heavy (non-hydrogen) atoms. The molecule has 198 valence electrons. The zero-order valence-corrected chi connectivity index (χ0v) is 21.2. The first-order chi connectivity index (χ1) is 17.0. The highest BCUT2D eigenvalue weighted by molar-refractivity contribution is 7.51. The van der Waals surface area contributed by atoms with Gasteiger partial charge in [0.25, 0.3) is 0 Å². The van der Waals surface area contributed by atoms with Gasteiger partial charge in [-0.1, -0.05) is 12.8 Å². The van der Waals surface area contributed by atoms with Crippen LogP contribution in [0.4, 0.5) is 5.82 Å². The molecule has 0 aromatic carbocycles. The standard InChI is InChI=1S/C20H27ClN5O9P/c1-10(27)33-15-14(35-19(16(15)34-11(2)28)32-9-36(29,30)31)8-26-18-13(7-22-26)17(24-20(21)25-18)23-12-5-3-4-6-12/h7,12,14-16,19H,3-6,8-9H2,1-2H3,(H,23,24,25)(H2,29,30,31)/t14-,15+,16+,19?/m1/s1. The summed E-state index contributed by atoms with van der Waals surface area (Å²) >= 11 is 6.18. The van der Waals surface area contributed by atoms with Gasteiger partial charge in [0.05, 0.1) is 18.1 Å². The maximum atomic E-state index is 11.8. The predicted octanol–water partition coefficient (Wildman–Crippen LogP) is 1.57. The van der Waals surface area contributed by atoms with E-state index in [-0.39, 0.29) is 17.9 Å². The van der Waals surface area contributed by atoms with Gasteiger partial charge in [-0.25, -0.2) is 4.68 Å². The van der Waals surface area contributed by atoms with Gasteiger partial charge in [-0.15, -0.1) is 0 Å². The molecular weight excluding hydrogens is 521 g/mol. The van der Waals surface area contributed by atoms with E-state index in [9.17, 15) is 23.9 Å². The van der Waals surface area contributed by atoms with E-state index in [0.29, 0.717) is 16.9 Å². The first-order valence-corrected chi connectivity index (χ1v) is 13.5. The van der Waals surface area contributed by atoms with Crippen LogP contribution in [-0.4, -0.2) is 78.5 Å². The van der Waals surface area contributed by atoms with Gasteiger partial charge >= 0.3 is 19.5 Å². The number of ether oxygens (including phenoxy) is 4. The number of anilines is 1. The molecule has 16 heteroatoms. The SMILES string of the molecule is CC(=O)O[C@@H]1[C@H](OC(C)=O)C(OCP(=O)(O)O)O[C@@H]1Cn1ncc2c(NC3CCCC3)nc(Cl)nc21. The highest BCUT2D eigenvalue weighted by Crippen LogP contribution is 2.37. The number of carbonyl (C=O) groups excluding carboxylic acids is 2. The molecule has 4 atom stereocenters. The number of halogens is 1. The second-order valence-corrected chi connectivity index (χ2v) is 10.6. The average Bonchev–Trinajstić information content (AvgIpc) is 3.48. The number of carbonyl (C=O) groups is 2. The van der Waals surface area contributed by atoms with Crippen molar-refractivity contribution in [3.63, 3.8) is 0 Å². The lowest BCUT2D eigenvalue weighted by Gasteiger charge is -2.23. The van der Waals surface area contributed by atoms with Crippen molar-refractivity contribution in [3.05, 3.63) is 11.5 Å². The zero-order valence-electron chi connectivity index (χ0n) is 19.6. The zero-order chi connectivity index (χ0) is 26.0. The van der Waals surface area contributed by atoms with Gasteiger partial charge < -0.3 is 34.1 Å². The Hall–Kier alpha value is -2.35. The first kappa shape index (κ1) is 26.7. The summed E-state index contributed by atoms with van der Waals surface area (Å²) < 4.78 is 34.4. The highest BCUT2D eigenvalue weighted by Gasteiger charge is 2.50. The third kappa shape index (κ3) is 6.50. The molecule has 0 spiro atoms. The van der Waals surface area contributed by atoms with E-state index < -0.39 is 50.5 Å². The molecular formula is C20H27ClN5O9P. The number of fused-ring (bicyclic) bond motifs is 1. The molecule has 1 aliphatic heterocycles. The van der Waals surface area contributed by atoms with E-state index in [4.69, 9.17) is 30.5 Å². The van der Waals surface area contributed by atoms with Crippen molar-refractivity contribution in [1.29, 1.82) is 0 Å². The molecule has 1 unspecified atom stereocenters. The van der Waals surface area contributed by atoms with Crippen molar-refractivity contribution in [3.8, 4) is 0 Å². The molecule has 3 heterocycles. The lowest BCUT2D eigenvalue weighted by molar-refractivity contribution is -0.183. The summed E-state index contributed by atoms with van der Waals surface area (Å²) in [6.45, 7) is 2.27. The van der Waals surface area contributed by atoms with Crippen LogP contribution in [0.1, 0.15) is 39.5 Å². The fraction of sp³-hybridized carbons (Fsp3) is 0.650. The maximum absolute atomic E-state index is 11.8. The molecule has 4 rings (SSSR count). The minimum absolute atomic E-state index is 0.00858. The van der Waals surface area contributed by atoms with Crippen LogP contribution in [-0.2, 0) is 39.6 Å². The Morgan fingerprint density at radius 1 is 1.19 bits per heavy atom. The quantitative estimate of drug-likeness (QED) is 0.234. The van der Waals surface area contributed by atoms with E-state index in [0.717, 1.165) is 32.6 Å². The molecule has 0 bridgehead atoms. The number of hydrogen-bond donors (Lipinski definition) is 3. The van der Waals surface area contributed by atoms with E-state index >= 15 is 0 Å². The van der Waals surface area contributed by atoms with Crippen molar-refractivity contribution in [2.75, 3.05) is 11.7 Å². The molecule has 2 aliphatic rings. The lowest BCUT2D eigenvalue weighted by atomic mass is 10.1. The van der Waals surface area contributed by atoms with Gasteiger partial charge in [0.2, 0.25) is 5.28 Å². The van der Waals surface area contributed by atoms with Crippen LogP contribution in [0.15, 0.2) is 6.20 Å². The Kier molecular flexibility index (Phi) is 8.12. The highest BCUT2D eigenvalue weighted by atomic mass is 35.5. The number of esters is 2. The average molecular weight is 548 g/mol. The summed E-state index contributed by atoms with van der Waals surface area (Å²) in [6, 6.07) is 0.269. The van der Waals surface area contributed by atoms with Crippen LogP contribution in [0.25, 0.3) is 11.0 Å². The topological polar surface area (TPSA) is 184 Å². The van der Waals surface area contributed by atoms with Crippen LogP contribution in [0.3, 0.4) is 0 Å². The summed E-state index contributed by atoms with van der Waals surface area (Å²) in [5, 5.41) is 8.39. The Morgan fingerprint density at radius 3 is 2.50 bits per heavy atom. The lowest BCUT2D eigenvalue weighted by Crippen LogP contribution is -2.41. The van der Waals surface area contributed by atoms with E-state index in [1.165, 1.54) is 11.6 Å². The van der Waals surface area contributed by atoms with Crippen molar-refractivity contribution in [2.45, 2.75) is 76.7 Å². The monoisotopic (exact) mass is 547 g/mol. The largest absolute Gasteiger partial charge is 0.456 e. The minimum atomic E-state index is -4.57. The molecule has 1 saturated heterocycles. The summed E-state index contributed by atoms with van der Waals surface area (Å²) in [7, 11) is -4.57. The molecule has 1 saturated carbocycles. The molecule has 2 aromatic rings. The first-order valence-electron chi connectivity index (χ1n) is 11.3. The van der Waals surface area contributed by atoms with Crippen molar-refractivity contribution >= 4 is 48.0 Å². The van der Waals surface area contributed by atoms with Gasteiger partial charge in [-0.3, -0.25) is 14.2 Å². The van der Waals surface area contributed by atoms with Gasteiger partial charge in [0.1, 0.15) is 11.9 Å². The van der Waals surface area contributed by atoms with E-state index in [1.54, 1.807) is 6.20 Å². The van der Waals surface area contributed by atoms with E-state index in [1.807, 2.05) is 0 Å². The second-order valence-electron chi connectivity index (χ2n) is 8.68. The predicted molar refractivity (Wildman–Crippen MR) is 124 cm³/mol. The van der Waals surface area contributed by atoms with Crippen LogP contribution in [0.2, 0.25) is 5.28 Å². The Morgan fingerprint density at radius 2 is 1.86 bits per heavy atom. The summed E-state index contributed by atoms with van der Waals surface area (Å²) in [4.78, 5) is 50.5. The number of aromatic nitrogens is 4. The van der Waals surface area contributed by atoms with Crippen molar-refractivity contribution in [1.82, 2.24) is 19.7 Å². The third-order valence-corrected chi connectivity index (χ3v) is 6.45. The molecule has 14 nitrogen and oxygen atoms in total. The Balaban J connectivity index is 1.61. The van der Waals surface area contributed by atoms with Gasteiger partial charge in [0, 0.05) is 19.9 Å². The van der Waals surface area contributed by atoms with E-state index in [2.05, 4.69) is 20.4 Å². The van der Waals surface area contributed by atoms with Crippen LogP contribution in [0.5, 0.6) is 0 Å². The fourth-order valence-electron chi connectivity index (χ4n) is 4.40. The molecule has 2 aromatic heterocycles. The van der Waals surface area contributed by atoms with Crippen molar-refractivity contribution in [2.24, 2.45) is 0 Å². The number of nitrogens with one attached hydrogen (secondary N) is 1. The summed E-state index contributed by atoms with van der Waals surface area (Å²) in [5.41, 5.74) is 0.393. The Bertz CT molecular complexity index is 1170. The van der Waals surface area contributed by atoms with Crippen LogP contribution in [0, 0.1) is 0 Å². The molecule has 1 aliphatic carbocycles. The minimum Gasteiger partial charge on any atom is -0.456 e. The third-order valence-electron chi connectivity index (χ3n) is 5.80. The second kappa shape index (κ2) is 11.0.